The average molecular weight is 466 g/mol. The SMILES string of the molecule is COc1cccc(COc2nsc(NC(=O)NCCCCN3CCCC3)c2C(N)=O)c1F. The number of nitrogens with one attached hydrogen (secondary N) is 2. The van der Waals surface area contributed by atoms with Gasteiger partial charge in [0.05, 0.1) is 7.11 Å². The Bertz CT molecular complexity index is 933. The molecule has 0 unspecified atom stereocenters. The van der Waals surface area contributed by atoms with Gasteiger partial charge in [0, 0.05) is 12.1 Å². The first-order valence-electron chi connectivity index (χ1n) is 10.5. The van der Waals surface area contributed by atoms with E-state index >= 15 is 0 Å². The fourth-order valence-electron chi connectivity index (χ4n) is 3.46. The number of nitrogens with two attached hydrogens (primary N) is 1. The van der Waals surface area contributed by atoms with Crippen molar-refractivity contribution in [3.63, 3.8) is 0 Å². The normalized spacial score (nSPS) is 13.7. The molecule has 1 aliphatic heterocycles. The number of hydrogen-bond donors (Lipinski definition) is 3. The highest BCUT2D eigenvalue weighted by atomic mass is 32.1. The van der Waals surface area contributed by atoms with Crippen LogP contribution < -0.4 is 25.8 Å². The van der Waals surface area contributed by atoms with Gasteiger partial charge in [-0.05, 0) is 62.9 Å². The second kappa shape index (κ2) is 11.6. The number of halogens is 1. The third-order valence-corrected chi connectivity index (χ3v) is 5.89. The number of methoxy groups -OCH3 is 1. The fraction of sp³-hybridized carbons (Fsp3) is 0.476. The molecular weight excluding hydrogens is 437 g/mol. The Labute approximate surface area is 190 Å². The summed E-state index contributed by atoms with van der Waals surface area (Å²) in [7, 11) is 1.37. The lowest BCUT2D eigenvalue weighted by molar-refractivity contribution is 0.0996. The van der Waals surface area contributed by atoms with Crippen LogP contribution in [0.25, 0.3) is 0 Å². The molecule has 32 heavy (non-hydrogen) atoms. The van der Waals surface area contributed by atoms with Crippen molar-refractivity contribution < 1.29 is 23.5 Å². The minimum absolute atomic E-state index is 0.0533. The number of nitrogens with zero attached hydrogens (tertiary/aromatic N) is 2. The van der Waals surface area contributed by atoms with Gasteiger partial charge in [0.25, 0.3) is 5.91 Å². The van der Waals surface area contributed by atoms with Gasteiger partial charge in [0.1, 0.15) is 17.2 Å². The predicted molar refractivity (Wildman–Crippen MR) is 120 cm³/mol. The van der Waals surface area contributed by atoms with Crippen LogP contribution >= 0.6 is 11.5 Å². The van der Waals surface area contributed by atoms with Crippen LogP contribution in [0.5, 0.6) is 11.6 Å². The molecule has 0 atom stereocenters. The fourth-order valence-corrected chi connectivity index (χ4v) is 4.20. The van der Waals surface area contributed by atoms with Crippen molar-refractivity contribution in [1.29, 1.82) is 0 Å². The van der Waals surface area contributed by atoms with E-state index in [1.807, 2.05) is 0 Å². The molecule has 1 aliphatic rings. The summed E-state index contributed by atoms with van der Waals surface area (Å²) in [5, 5.41) is 5.53. The molecule has 1 aromatic heterocycles. The second-order valence-electron chi connectivity index (χ2n) is 7.41. The number of carbonyl (C=O) groups is 2. The summed E-state index contributed by atoms with van der Waals surface area (Å²) in [6, 6.07) is 4.19. The van der Waals surface area contributed by atoms with E-state index in [9.17, 15) is 14.0 Å². The Morgan fingerprint density at radius 3 is 2.78 bits per heavy atom. The first-order chi connectivity index (χ1) is 15.5. The lowest BCUT2D eigenvalue weighted by Gasteiger charge is -2.14. The van der Waals surface area contributed by atoms with Crippen LogP contribution in [0.15, 0.2) is 18.2 Å². The zero-order valence-corrected chi connectivity index (χ0v) is 18.8. The number of rotatable bonds is 11. The molecule has 174 valence electrons. The number of likely N-dealkylation sites (tertiary alicyclic amines) is 1. The zero-order chi connectivity index (χ0) is 22.9. The summed E-state index contributed by atoms with van der Waals surface area (Å²) in [4.78, 5) is 26.6. The third-order valence-electron chi connectivity index (χ3n) is 5.15. The Balaban J connectivity index is 1.51. The summed E-state index contributed by atoms with van der Waals surface area (Å²) in [6.07, 6.45) is 4.39. The molecule has 3 amide bonds. The van der Waals surface area contributed by atoms with Crippen LogP contribution in [-0.2, 0) is 6.61 Å². The first kappa shape index (κ1) is 23.7. The van der Waals surface area contributed by atoms with E-state index in [0.29, 0.717) is 6.54 Å². The Morgan fingerprint density at radius 2 is 2.06 bits per heavy atom. The smallest absolute Gasteiger partial charge is 0.319 e. The molecular formula is C21H28FN5O4S. The van der Waals surface area contributed by atoms with E-state index in [-0.39, 0.29) is 34.4 Å². The average Bonchev–Trinajstić information content (AvgIpc) is 3.42. The highest BCUT2D eigenvalue weighted by molar-refractivity contribution is 7.11. The van der Waals surface area contributed by atoms with E-state index in [4.69, 9.17) is 15.2 Å². The lowest BCUT2D eigenvalue weighted by Crippen LogP contribution is -2.30. The number of amides is 3. The first-order valence-corrected chi connectivity index (χ1v) is 11.3. The van der Waals surface area contributed by atoms with E-state index in [1.165, 1.54) is 32.1 Å². The van der Waals surface area contributed by atoms with Gasteiger partial charge in [-0.3, -0.25) is 10.1 Å². The van der Waals surface area contributed by atoms with Crippen LogP contribution in [0.1, 0.15) is 41.6 Å². The Hall–Kier alpha value is -2.92. The van der Waals surface area contributed by atoms with Crippen LogP contribution in [0.4, 0.5) is 14.2 Å². The molecule has 0 radical (unpaired) electrons. The number of carbonyl (C=O) groups excluding carboxylic acids is 2. The molecule has 1 saturated heterocycles. The second-order valence-corrected chi connectivity index (χ2v) is 8.19. The van der Waals surface area contributed by atoms with Gasteiger partial charge in [0.2, 0.25) is 5.88 Å². The van der Waals surface area contributed by atoms with Crippen LogP contribution in [-0.4, -0.2) is 54.5 Å². The Morgan fingerprint density at radius 1 is 1.28 bits per heavy atom. The largest absolute Gasteiger partial charge is 0.494 e. The van der Waals surface area contributed by atoms with Crippen molar-refractivity contribution in [3.8, 4) is 11.6 Å². The molecule has 1 aromatic carbocycles. The zero-order valence-electron chi connectivity index (χ0n) is 18.0. The molecule has 2 aromatic rings. The molecule has 4 N–H and O–H groups in total. The highest BCUT2D eigenvalue weighted by Crippen LogP contribution is 2.31. The maximum absolute atomic E-state index is 14.3. The predicted octanol–water partition coefficient (Wildman–Crippen LogP) is 2.97. The molecule has 2 heterocycles. The van der Waals surface area contributed by atoms with Gasteiger partial charge < -0.3 is 25.4 Å². The summed E-state index contributed by atoms with van der Waals surface area (Å²) in [5.74, 6) is -1.35. The molecule has 0 saturated carbocycles. The lowest BCUT2D eigenvalue weighted by atomic mass is 10.2. The number of hydrogen-bond acceptors (Lipinski definition) is 7. The van der Waals surface area contributed by atoms with Gasteiger partial charge in [-0.1, -0.05) is 12.1 Å². The standard InChI is InChI=1S/C21H28FN5O4S/c1-30-15-8-6-7-14(17(15)22)13-31-19-16(18(23)28)20(32-26-19)25-21(29)24-9-2-3-10-27-11-4-5-12-27/h6-8H,2-5,9-13H2,1H3,(H2,23,28)(H2,24,25,29). The molecule has 0 bridgehead atoms. The molecule has 0 spiro atoms. The van der Waals surface area contributed by atoms with Crippen molar-refractivity contribution in [1.82, 2.24) is 14.6 Å². The van der Waals surface area contributed by atoms with Crippen LogP contribution in [0.2, 0.25) is 0 Å². The molecule has 0 aliphatic carbocycles. The Kier molecular flexibility index (Phi) is 8.63. The number of primary amides is 1. The summed E-state index contributed by atoms with van der Waals surface area (Å²) < 4.78 is 28.8. The quantitative estimate of drug-likeness (QED) is 0.439. The monoisotopic (exact) mass is 465 g/mol. The van der Waals surface area contributed by atoms with Crippen LogP contribution in [0, 0.1) is 5.82 Å². The van der Waals surface area contributed by atoms with Crippen molar-refractivity contribution in [3.05, 3.63) is 35.1 Å². The van der Waals surface area contributed by atoms with Gasteiger partial charge >= 0.3 is 6.03 Å². The number of ether oxygens (including phenoxy) is 2. The summed E-state index contributed by atoms with van der Waals surface area (Å²) >= 11 is 0.867. The third kappa shape index (κ3) is 6.30. The van der Waals surface area contributed by atoms with Crippen molar-refractivity contribution in [2.45, 2.75) is 32.3 Å². The molecule has 11 heteroatoms. The van der Waals surface area contributed by atoms with E-state index in [0.717, 1.165) is 44.0 Å². The maximum atomic E-state index is 14.3. The maximum Gasteiger partial charge on any atom is 0.319 e. The molecule has 9 nitrogen and oxygen atoms in total. The van der Waals surface area contributed by atoms with Crippen molar-refractivity contribution in [2.75, 3.05) is 38.6 Å². The number of unbranched alkanes of at least 4 members (excludes halogenated alkanes) is 1. The van der Waals surface area contributed by atoms with Crippen molar-refractivity contribution >= 4 is 28.5 Å². The topological polar surface area (TPSA) is 119 Å². The minimum atomic E-state index is -0.805. The summed E-state index contributed by atoms with van der Waals surface area (Å²) in [6.45, 7) is 3.69. The summed E-state index contributed by atoms with van der Waals surface area (Å²) in [5.41, 5.74) is 5.63. The number of anilines is 1. The number of aromatic nitrogens is 1. The van der Waals surface area contributed by atoms with E-state index in [2.05, 4.69) is 19.9 Å². The molecule has 1 fully saturated rings. The van der Waals surface area contributed by atoms with E-state index in [1.54, 1.807) is 6.07 Å². The van der Waals surface area contributed by atoms with Gasteiger partial charge in [-0.25, -0.2) is 9.18 Å². The van der Waals surface area contributed by atoms with Crippen molar-refractivity contribution in [2.24, 2.45) is 5.73 Å². The molecule has 3 rings (SSSR count). The van der Waals surface area contributed by atoms with Crippen LogP contribution in [0.3, 0.4) is 0 Å². The minimum Gasteiger partial charge on any atom is -0.494 e. The number of benzene rings is 1. The van der Waals surface area contributed by atoms with Gasteiger partial charge in [-0.15, -0.1) is 0 Å². The van der Waals surface area contributed by atoms with Gasteiger partial charge in [0.15, 0.2) is 11.6 Å². The highest BCUT2D eigenvalue weighted by Gasteiger charge is 2.22. The van der Waals surface area contributed by atoms with Gasteiger partial charge in [-0.2, -0.15) is 4.37 Å². The van der Waals surface area contributed by atoms with E-state index < -0.39 is 17.8 Å². The number of urea groups is 1.